The largest absolute Gasteiger partial charge is 0.497 e. The summed E-state index contributed by atoms with van der Waals surface area (Å²) in [7, 11) is -0.916. The Kier molecular flexibility index (Phi) is 7.56. The van der Waals surface area contributed by atoms with E-state index in [1.54, 1.807) is 31.2 Å². The molecule has 2 aromatic carbocycles. The predicted molar refractivity (Wildman–Crippen MR) is 134 cm³/mol. The number of ether oxygens (including phenoxy) is 3. The third-order valence-electron chi connectivity index (χ3n) is 6.93. The standard InChI is InChI=1S/C26H32N2O7S/c1-4-35-25(30)26(13-14-26)19-5-7-20(8-6-19)27-24(29)18-11-15-28(16-12-18)36(31,32)23-17-21(33-2)9-10-22(23)34-3/h5-10,17-18H,4,11-16H2,1-3H3,(H,27,29). The van der Waals surface area contributed by atoms with Gasteiger partial charge in [-0.1, -0.05) is 12.1 Å². The van der Waals surface area contributed by atoms with E-state index in [2.05, 4.69) is 5.32 Å². The van der Waals surface area contributed by atoms with Crippen molar-refractivity contribution < 1.29 is 32.2 Å². The minimum atomic E-state index is -3.81. The lowest BCUT2D eigenvalue weighted by Gasteiger charge is -2.31. The number of sulfonamides is 1. The summed E-state index contributed by atoms with van der Waals surface area (Å²) < 4.78 is 43.6. The minimum absolute atomic E-state index is 0.0450. The summed E-state index contributed by atoms with van der Waals surface area (Å²) in [6, 6.07) is 12.0. The predicted octanol–water partition coefficient (Wildman–Crippen LogP) is 3.34. The third-order valence-corrected chi connectivity index (χ3v) is 8.85. The molecule has 0 atom stereocenters. The van der Waals surface area contributed by atoms with E-state index < -0.39 is 15.4 Å². The van der Waals surface area contributed by atoms with Crippen LogP contribution in [0, 0.1) is 5.92 Å². The Bertz CT molecular complexity index is 1220. The van der Waals surface area contributed by atoms with Crippen molar-refractivity contribution in [2.24, 2.45) is 5.92 Å². The maximum absolute atomic E-state index is 13.3. The maximum atomic E-state index is 13.3. The van der Waals surface area contributed by atoms with Gasteiger partial charge in [0.25, 0.3) is 0 Å². The van der Waals surface area contributed by atoms with E-state index in [0.29, 0.717) is 30.9 Å². The smallest absolute Gasteiger partial charge is 0.316 e. The van der Waals surface area contributed by atoms with Crippen LogP contribution in [0.25, 0.3) is 0 Å². The van der Waals surface area contributed by atoms with Crippen molar-refractivity contribution in [1.82, 2.24) is 4.31 Å². The monoisotopic (exact) mass is 516 g/mol. The normalized spacial score (nSPS) is 17.8. The molecule has 0 spiro atoms. The lowest BCUT2D eigenvalue weighted by molar-refractivity contribution is -0.146. The highest BCUT2D eigenvalue weighted by Crippen LogP contribution is 2.49. The Morgan fingerprint density at radius 1 is 1.03 bits per heavy atom. The average molecular weight is 517 g/mol. The summed E-state index contributed by atoms with van der Waals surface area (Å²) >= 11 is 0. The van der Waals surface area contributed by atoms with Crippen molar-refractivity contribution in [1.29, 1.82) is 0 Å². The van der Waals surface area contributed by atoms with Crippen molar-refractivity contribution in [3.05, 3.63) is 48.0 Å². The molecule has 0 unspecified atom stereocenters. The van der Waals surface area contributed by atoms with E-state index >= 15 is 0 Å². The fourth-order valence-corrected chi connectivity index (χ4v) is 6.25. The molecule has 1 saturated carbocycles. The van der Waals surface area contributed by atoms with Gasteiger partial charge >= 0.3 is 5.97 Å². The molecule has 1 N–H and O–H groups in total. The fraction of sp³-hybridized carbons (Fsp3) is 0.462. The zero-order valence-electron chi connectivity index (χ0n) is 20.8. The Labute approximate surface area is 211 Å². The molecule has 1 saturated heterocycles. The number of piperidine rings is 1. The molecule has 1 heterocycles. The Balaban J connectivity index is 1.37. The van der Waals surface area contributed by atoms with E-state index in [1.165, 1.54) is 24.6 Å². The second-order valence-electron chi connectivity index (χ2n) is 9.06. The lowest BCUT2D eigenvalue weighted by Crippen LogP contribution is -2.41. The van der Waals surface area contributed by atoms with Crippen molar-refractivity contribution in [2.45, 2.75) is 42.9 Å². The zero-order valence-corrected chi connectivity index (χ0v) is 21.6. The van der Waals surface area contributed by atoms with E-state index in [0.717, 1.165) is 18.4 Å². The van der Waals surface area contributed by atoms with Crippen LogP contribution in [0.5, 0.6) is 11.5 Å². The van der Waals surface area contributed by atoms with Gasteiger partial charge in [-0.15, -0.1) is 0 Å². The quantitative estimate of drug-likeness (QED) is 0.509. The van der Waals surface area contributed by atoms with Crippen molar-refractivity contribution in [3.63, 3.8) is 0 Å². The Morgan fingerprint density at radius 3 is 2.25 bits per heavy atom. The van der Waals surface area contributed by atoms with Gasteiger partial charge in [0.1, 0.15) is 16.4 Å². The molecule has 4 rings (SSSR count). The summed E-state index contributed by atoms with van der Waals surface area (Å²) in [5, 5.41) is 2.92. The Morgan fingerprint density at radius 2 is 1.69 bits per heavy atom. The van der Waals surface area contributed by atoms with Crippen LogP contribution in [0.3, 0.4) is 0 Å². The third kappa shape index (κ3) is 5.05. The van der Waals surface area contributed by atoms with Crippen LogP contribution in [-0.2, 0) is 29.8 Å². The summed E-state index contributed by atoms with van der Waals surface area (Å²) in [4.78, 5) is 25.2. The second kappa shape index (κ2) is 10.5. The fourth-order valence-electron chi connectivity index (χ4n) is 4.60. The van der Waals surface area contributed by atoms with Gasteiger partial charge in [-0.2, -0.15) is 4.31 Å². The summed E-state index contributed by atoms with van der Waals surface area (Å²) in [6.45, 7) is 2.59. The number of hydrogen-bond donors (Lipinski definition) is 1. The highest BCUT2D eigenvalue weighted by Gasteiger charge is 2.52. The van der Waals surface area contributed by atoms with E-state index in [9.17, 15) is 18.0 Å². The first-order chi connectivity index (χ1) is 17.2. The molecule has 10 heteroatoms. The van der Waals surface area contributed by atoms with Crippen molar-refractivity contribution in [3.8, 4) is 11.5 Å². The number of hydrogen-bond acceptors (Lipinski definition) is 7. The molecule has 194 valence electrons. The van der Waals surface area contributed by atoms with Crippen LogP contribution < -0.4 is 14.8 Å². The molecule has 0 radical (unpaired) electrons. The van der Waals surface area contributed by atoms with Crippen LogP contribution in [0.1, 0.15) is 38.2 Å². The topological polar surface area (TPSA) is 111 Å². The molecule has 1 amide bonds. The number of amides is 1. The molecular formula is C26H32N2O7S. The van der Waals surface area contributed by atoms with E-state index in [-0.39, 0.29) is 41.5 Å². The Hall–Kier alpha value is -3.11. The first-order valence-corrected chi connectivity index (χ1v) is 13.5. The number of carbonyl (C=O) groups is 2. The highest BCUT2D eigenvalue weighted by atomic mass is 32.2. The lowest BCUT2D eigenvalue weighted by atomic mass is 9.95. The number of nitrogens with one attached hydrogen (secondary N) is 1. The molecule has 1 aliphatic heterocycles. The second-order valence-corrected chi connectivity index (χ2v) is 11.0. The van der Waals surface area contributed by atoms with Gasteiger partial charge in [0, 0.05) is 30.8 Å². The molecule has 2 aliphatic rings. The molecule has 1 aliphatic carbocycles. The molecule has 9 nitrogen and oxygen atoms in total. The first-order valence-electron chi connectivity index (χ1n) is 12.1. The minimum Gasteiger partial charge on any atom is -0.497 e. The summed E-state index contributed by atoms with van der Waals surface area (Å²) in [6.07, 6.45) is 2.34. The van der Waals surface area contributed by atoms with Gasteiger partial charge < -0.3 is 19.5 Å². The number of anilines is 1. The molecule has 0 bridgehead atoms. The van der Waals surface area contributed by atoms with Crippen molar-refractivity contribution >= 4 is 27.6 Å². The average Bonchev–Trinajstić information content (AvgIpc) is 3.71. The number of methoxy groups -OCH3 is 2. The highest BCUT2D eigenvalue weighted by molar-refractivity contribution is 7.89. The van der Waals surface area contributed by atoms with Gasteiger partial charge in [0.05, 0.1) is 26.2 Å². The van der Waals surface area contributed by atoms with Gasteiger partial charge in [-0.25, -0.2) is 8.42 Å². The van der Waals surface area contributed by atoms with Crippen molar-refractivity contribution in [2.75, 3.05) is 39.2 Å². The molecule has 2 fully saturated rings. The van der Waals surface area contributed by atoms with Crippen LogP contribution in [0.2, 0.25) is 0 Å². The molecule has 36 heavy (non-hydrogen) atoms. The van der Waals surface area contributed by atoms with Gasteiger partial charge in [0.15, 0.2) is 0 Å². The van der Waals surface area contributed by atoms with Crippen LogP contribution in [-0.4, -0.2) is 58.5 Å². The first kappa shape index (κ1) is 26.0. The number of esters is 1. The molecular weight excluding hydrogens is 484 g/mol. The number of carbonyl (C=O) groups excluding carboxylic acids is 2. The number of rotatable bonds is 9. The van der Waals surface area contributed by atoms with Crippen LogP contribution in [0.4, 0.5) is 5.69 Å². The number of nitrogens with zero attached hydrogens (tertiary/aromatic N) is 1. The SMILES string of the molecule is CCOC(=O)C1(c2ccc(NC(=O)C3CCN(S(=O)(=O)c4cc(OC)ccc4OC)CC3)cc2)CC1. The van der Waals surface area contributed by atoms with Gasteiger partial charge in [-0.3, -0.25) is 9.59 Å². The molecule has 0 aromatic heterocycles. The maximum Gasteiger partial charge on any atom is 0.316 e. The van der Waals surface area contributed by atoms with E-state index in [1.807, 2.05) is 12.1 Å². The van der Waals surface area contributed by atoms with Crippen LogP contribution >= 0.6 is 0 Å². The summed E-state index contributed by atoms with van der Waals surface area (Å²) in [5.41, 5.74) is 0.979. The van der Waals surface area contributed by atoms with Gasteiger partial charge in [0.2, 0.25) is 15.9 Å². The van der Waals surface area contributed by atoms with Gasteiger partial charge in [-0.05, 0) is 62.4 Å². The van der Waals surface area contributed by atoms with Crippen LogP contribution in [0.15, 0.2) is 47.4 Å². The molecule has 2 aromatic rings. The zero-order chi connectivity index (χ0) is 25.9. The summed E-state index contributed by atoms with van der Waals surface area (Å²) in [5.74, 6) is 0.0116. The van der Waals surface area contributed by atoms with E-state index in [4.69, 9.17) is 14.2 Å². The number of benzene rings is 2.